The van der Waals surface area contributed by atoms with Gasteiger partial charge in [0.05, 0.1) is 12.2 Å². The van der Waals surface area contributed by atoms with E-state index < -0.39 is 11.9 Å². The molecular formula is C9H16O4. The Morgan fingerprint density at radius 3 is 2.62 bits per heavy atom. The topological polar surface area (TPSA) is 58.9 Å². The molecule has 4 heteroatoms. The van der Waals surface area contributed by atoms with Gasteiger partial charge in [0.1, 0.15) is 6.10 Å². The second kappa shape index (κ2) is 2.92. The van der Waals surface area contributed by atoms with Gasteiger partial charge in [0, 0.05) is 12.5 Å². The van der Waals surface area contributed by atoms with Gasteiger partial charge in [0.25, 0.3) is 0 Å². The van der Waals surface area contributed by atoms with Gasteiger partial charge in [-0.05, 0) is 20.3 Å². The monoisotopic (exact) mass is 188 g/mol. The van der Waals surface area contributed by atoms with Crippen LogP contribution >= 0.6 is 0 Å². The van der Waals surface area contributed by atoms with Gasteiger partial charge in [-0.25, -0.2) is 0 Å². The molecule has 2 fully saturated rings. The second-order valence-corrected chi connectivity index (χ2v) is 4.31. The lowest BCUT2D eigenvalue weighted by molar-refractivity contribution is -0.168. The quantitative estimate of drug-likeness (QED) is 0.602. The molecule has 1 aliphatic carbocycles. The van der Waals surface area contributed by atoms with Crippen molar-refractivity contribution in [2.75, 3.05) is 6.61 Å². The molecule has 4 atom stereocenters. The minimum Gasteiger partial charge on any atom is -0.396 e. The Morgan fingerprint density at radius 1 is 1.38 bits per heavy atom. The second-order valence-electron chi connectivity index (χ2n) is 4.31. The van der Waals surface area contributed by atoms with Gasteiger partial charge in [-0.15, -0.1) is 0 Å². The highest BCUT2D eigenvalue weighted by Gasteiger charge is 2.52. The van der Waals surface area contributed by atoms with E-state index in [1.807, 2.05) is 13.8 Å². The lowest BCUT2D eigenvalue weighted by atomic mass is 10.1. The van der Waals surface area contributed by atoms with E-state index in [4.69, 9.17) is 14.6 Å². The molecule has 1 aliphatic heterocycles. The van der Waals surface area contributed by atoms with Gasteiger partial charge >= 0.3 is 0 Å². The molecule has 1 saturated carbocycles. The standard InChI is InChI=1S/C9H16O4/c1-9(2)12-6-3-5(4-10)7(11)8(6)13-9/h5-8,10-11H,3-4H2,1-2H3/t5-,6+,7+,8+/m1/s1. The SMILES string of the molecule is CC1(C)O[C@@H]2[C@@H](O)[C@@H](CO)C[C@@H]2O1. The van der Waals surface area contributed by atoms with Crippen molar-refractivity contribution in [2.24, 2.45) is 5.92 Å². The highest BCUT2D eigenvalue weighted by Crippen LogP contribution is 2.40. The molecule has 0 unspecified atom stereocenters. The lowest BCUT2D eigenvalue weighted by Gasteiger charge is -2.22. The molecular weight excluding hydrogens is 172 g/mol. The van der Waals surface area contributed by atoms with Crippen molar-refractivity contribution in [1.29, 1.82) is 0 Å². The van der Waals surface area contributed by atoms with Crippen molar-refractivity contribution >= 4 is 0 Å². The Bertz CT molecular complexity index is 204. The Kier molecular flexibility index (Phi) is 2.11. The summed E-state index contributed by atoms with van der Waals surface area (Å²) < 4.78 is 11.1. The smallest absolute Gasteiger partial charge is 0.163 e. The maximum Gasteiger partial charge on any atom is 0.163 e. The van der Waals surface area contributed by atoms with Crippen LogP contribution in [0.2, 0.25) is 0 Å². The molecule has 0 aromatic rings. The van der Waals surface area contributed by atoms with E-state index in [0.717, 1.165) is 0 Å². The maximum atomic E-state index is 9.73. The van der Waals surface area contributed by atoms with Gasteiger partial charge < -0.3 is 19.7 Å². The molecule has 13 heavy (non-hydrogen) atoms. The van der Waals surface area contributed by atoms with Crippen LogP contribution in [0.25, 0.3) is 0 Å². The molecule has 1 heterocycles. The van der Waals surface area contributed by atoms with Crippen LogP contribution in [0.1, 0.15) is 20.3 Å². The first-order valence-corrected chi connectivity index (χ1v) is 4.68. The van der Waals surface area contributed by atoms with Gasteiger partial charge in [-0.1, -0.05) is 0 Å². The third-order valence-corrected chi connectivity index (χ3v) is 2.81. The largest absolute Gasteiger partial charge is 0.396 e. The summed E-state index contributed by atoms with van der Waals surface area (Å²) >= 11 is 0. The highest BCUT2D eigenvalue weighted by atomic mass is 16.8. The average Bonchev–Trinajstić information content (AvgIpc) is 2.47. The number of aliphatic hydroxyl groups is 2. The summed E-state index contributed by atoms with van der Waals surface area (Å²) in [6, 6.07) is 0. The molecule has 4 nitrogen and oxygen atoms in total. The Balaban J connectivity index is 2.07. The van der Waals surface area contributed by atoms with Crippen LogP contribution in [-0.4, -0.2) is 40.9 Å². The van der Waals surface area contributed by atoms with E-state index >= 15 is 0 Å². The van der Waals surface area contributed by atoms with Gasteiger partial charge in [-0.2, -0.15) is 0 Å². The van der Waals surface area contributed by atoms with E-state index in [0.29, 0.717) is 6.42 Å². The summed E-state index contributed by atoms with van der Waals surface area (Å²) in [5.74, 6) is -0.678. The molecule has 2 aliphatic rings. The molecule has 0 aromatic carbocycles. The van der Waals surface area contributed by atoms with Crippen molar-refractivity contribution in [2.45, 2.75) is 44.4 Å². The number of hydrogen-bond acceptors (Lipinski definition) is 4. The Labute approximate surface area is 77.5 Å². The summed E-state index contributed by atoms with van der Waals surface area (Å²) in [4.78, 5) is 0. The van der Waals surface area contributed by atoms with Crippen molar-refractivity contribution in [3.63, 3.8) is 0 Å². The number of rotatable bonds is 1. The van der Waals surface area contributed by atoms with E-state index in [-0.39, 0.29) is 24.7 Å². The zero-order valence-corrected chi connectivity index (χ0v) is 7.93. The summed E-state index contributed by atoms with van der Waals surface area (Å²) in [6.45, 7) is 3.68. The lowest BCUT2D eigenvalue weighted by Crippen LogP contribution is -2.32. The highest BCUT2D eigenvalue weighted by molar-refractivity contribution is 4.97. The number of fused-ring (bicyclic) bond motifs is 1. The summed E-state index contributed by atoms with van der Waals surface area (Å²) in [5.41, 5.74) is 0. The number of hydrogen-bond donors (Lipinski definition) is 2. The predicted octanol–water partition coefficient (Wildman–Crippen LogP) is -0.120. The third kappa shape index (κ3) is 1.48. The zero-order chi connectivity index (χ0) is 9.64. The molecule has 0 aromatic heterocycles. The number of aliphatic hydroxyl groups excluding tert-OH is 2. The van der Waals surface area contributed by atoms with Crippen LogP contribution in [-0.2, 0) is 9.47 Å². The summed E-state index contributed by atoms with van der Waals surface area (Å²) in [5, 5.41) is 18.7. The molecule has 1 saturated heterocycles. The fourth-order valence-electron chi connectivity index (χ4n) is 2.22. The summed E-state index contributed by atoms with van der Waals surface area (Å²) in [7, 11) is 0. The first-order valence-electron chi connectivity index (χ1n) is 4.68. The first kappa shape index (κ1) is 9.40. The van der Waals surface area contributed by atoms with Gasteiger partial charge in [0.15, 0.2) is 5.79 Å². The molecule has 0 radical (unpaired) electrons. The van der Waals surface area contributed by atoms with Gasteiger partial charge in [0.2, 0.25) is 0 Å². The van der Waals surface area contributed by atoms with Crippen LogP contribution in [0.3, 0.4) is 0 Å². The van der Waals surface area contributed by atoms with E-state index in [1.54, 1.807) is 0 Å². The first-order chi connectivity index (χ1) is 6.03. The molecule has 2 rings (SSSR count). The van der Waals surface area contributed by atoms with Crippen LogP contribution in [0.4, 0.5) is 0 Å². The minimum atomic E-state index is -0.587. The van der Waals surface area contributed by atoms with Crippen LogP contribution in [0.5, 0.6) is 0 Å². The Morgan fingerprint density at radius 2 is 2.08 bits per heavy atom. The molecule has 0 spiro atoms. The third-order valence-electron chi connectivity index (χ3n) is 2.81. The van der Waals surface area contributed by atoms with Gasteiger partial charge in [-0.3, -0.25) is 0 Å². The van der Waals surface area contributed by atoms with Crippen molar-refractivity contribution in [1.82, 2.24) is 0 Å². The molecule has 0 amide bonds. The fourth-order valence-corrected chi connectivity index (χ4v) is 2.22. The van der Waals surface area contributed by atoms with Crippen LogP contribution in [0, 0.1) is 5.92 Å². The van der Waals surface area contributed by atoms with E-state index in [2.05, 4.69) is 0 Å². The molecule has 76 valence electrons. The molecule has 0 bridgehead atoms. The number of ether oxygens (including phenoxy) is 2. The van der Waals surface area contributed by atoms with Crippen LogP contribution < -0.4 is 0 Å². The Hall–Kier alpha value is -0.160. The summed E-state index contributed by atoms with van der Waals surface area (Å²) in [6.07, 6.45) is -0.211. The average molecular weight is 188 g/mol. The van der Waals surface area contributed by atoms with Crippen molar-refractivity contribution < 1.29 is 19.7 Å². The fraction of sp³-hybridized carbons (Fsp3) is 1.00. The van der Waals surface area contributed by atoms with Crippen LogP contribution in [0.15, 0.2) is 0 Å². The normalized spacial score (nSPS) is 48.0. The van der Waals surface area contributed by atoms with Crippen molar-refractivity contribution in [3.8, 4) is 0 Å². The minimum absolute atomic E-state index is 0.00130. The maximum absolute atomic E-state index is 9.73. The van der Waals surface area contributed by atoms with E-state index in [1.165, 1.54) is 0 Å². The predicted molar refractivity (Wildman–Crippen MR) is 45.0 cm³/mol. The van der Waals surface area contributed by atoms with Crippen molar-refractivity contribution in [3.05, 3.63) is 0 Å². The molecule has 2 N–H and O–H groups in total. The van der Waals surface area contributed by atoms with E-state index in [9.17, 15) is 5.11 Å². The zero-order valence-electron chi connectivity index (χ0n) is 7.93.